The van der Waals surface area contributed by atoms with Crippen molar-refractivity contribution in [1.29, 1.82) is 0 Å². The fraction of sp³-hybridized carbons (Fsp3) is 0.300. The number of hydrogen-bond acceptors (Lipinski definition) is 6. The zero-order chi connectivity index (χ0) is 12.9. The third-order valence-corrected chi connectivity index (χ3v) is 3.15. The van der Waals surface area contributed by atoms with Gasteiger partial charge in [0.2, 0.25) is 0 Å². The van der Waals surface area contributed by atoms with Crippen LogP contribution >= 0.6 is 0 Å². The van der Waals surface area contributed by atoms with Crippen LogP contribution in [0.4, 0.5) is 0 Å². The van der Waals surface area contributed by atoms with E-state index in [1.807, 2.05) is 0 Å². The third-order valence-electron chi connectivity index (χ3n) is 1.90. The van der Waals surface area contributed by atoms with E-state index in [-0.39, 0.29) is 11.3 Å². The molecule has 0 unspecified atom stereocenters. The molecule has 0 saturated heterocycles. The van der Waals surface area contributed by atoms with Crippen molar-refractivity contribution in [2.45, 2.75) is 17.4 Å². The van der Waals surface area contributed by atoms with Crippen molar-refractivity contribution in [1.82, 2.24) is 0 Å². The van der Waals surface area contributed by atoms with Crippen molar-refractivity contribution in [2.24, 2.45) is 5.73 Å². The van der Waals surface area contributed by atoms with Crippen LogP contribution < -0.4 is 5.73 Å². The lowest BCUT2D eigenvalue weighted by atomic mass is 10.2. The Morgan fingerprint density at radius 2 is 1.94 bits per heavy atom. The van der Waals surface area contributed by atoms with E-state index < -0.39 is 28.7 Å². The fourth-order valence-corrected chi connectivity index (χ4v) is 1.97. The quantitative estimate of drug-likeness (QED) is 0.698. The summed E-state index contributed by atoms with van der Waals surface area (Å²) in [4.78, 5) is 11.1. The van der Waals surface area contributed by atoms with Gasteiger partial charge >= 0.3 is 16.1 Å². The zero-order valence-corrected chi connectivity index (χ0v) is 9.76. The van der Waals surface area contributed by atoms with Crippen LogP contribution in [0.25, 0.3) is 0 Å². The van der Waals surface area contributed by atoms with Crippen LogP contribution in [0.1, 0.15) is 6.42 Å². The van der Waals surface area contributed by atoms with Crippen LogP contribution in [0, 0.1) is 0 Å². The van der Waals surface area contributed by atoms with Crippen molar-refractivity contribution in [3.8, 4) is 0 Å². The summed E-state index contributed by atoms with van der Waals surface area (Å²) in [6.07, 6.45) is -0.359. The summed E-state index contributed by atoms with van der Waals surface area (Å²) < 4.78 is 27.5. The minimum Gasteiger partial charge on any atom is -0.395 e. The predicted molar refractivity (Wildman–Crippen MR) is 59.4 cm³/mol. The van der Waals surface area contributed by atoms with Gasteiger partial charge in [-0.25, -0.2) is 0 Å². The molecule has 0 aliphatic heterocycles. The van der Waals surface area contributed by atoms with Gasteiger partial charge in [0.25, 0.3) is 0 Å². The molecule has 1 atom stereocenters. The lowest BCUT2D eigenvalue weighted by Crippen LogP contribution is -2.29. The highest BCUT2D eigenvalue weighted by molar-refractivity contribution is 7.87. The largest absolute Gasteiger partial charge is 0.395 e. The van der Waals surface area contributed by atoms with E-state index in [1.54, 1.807) is 6.07 Å². The van der Waals surface area contributed by atoms with Gasteiger partial charge in [-0.05, 0) is 12.1 Å². The smallest absolute Gasteiger partial charge is 0.341 e. The summed E-state index contributed by atoms with van der Waals surface area (Å²) in [6, 6.07) is 6.47. The molecule has 1 aromatic rings. The van der Waals surface area contributed by atoms with Gasteiger partial charge in [0.1, 0.15) is 4.90 Å². The van der Waals surface area contributed by atoms with Gasteiger partial charge in [-0.1, -0.05) is 18.2 Å². The normalized spacial score (nSPS) is 13.1. The van der Waals surface area contributed by atoms with Gasteiger partial charge < -0.3 is 15.0 Å². The van der Waals surface area contributed by atoms with Crippen molar-refractivity contribution >= 4 is 16.1 Å². The highest BCUT2D eigenvalue weighted by atomic mass is 32.2. The van der Waals surface area contributed by atoms with Gasteiger partial charge in [-0.2, -0.15) is 8.42 Å². The lowest BCUT2D eigenvalue weighted by Gasteiger charge is -2.08. The summed E-state index contributed by atoms with van der Waals surface area (Å²) in [5.41, 5.74) is 5.29. The summed E-state index contributed by atoms with van der Waals surface area (Å²) >= 11 is 0. The maximum absolute atomic E-state index is 11.6. The second-order valence-corrected chi connectivity index (χ2v) is 4.92. The highest BCUT2D eigenvalue weighted by Crippen LogP contribution is 2.12. The van der Waals surface area contributed by atoms with Crippen LogP contribution in [-0.2, 0) is 19.1 Å². The Hall–Kier alpha value is -1.44. The Morgan fingerprint density at radius 1 is 1.35 bits per heavy atom. The van der Waals surface area contributed by atoms with Crippen molar-refractivity contribution < 1.29 is 22.5 Å². The summed E-state index contributed by atoms with van der Waals surface area (Å²) in [7, 11) is -4.10. The molecule has 94 valence electrons. The molecule has 0 saturated carbocycles. The second kappa shape index (κ2) is 5.76. The Labute approximate surface area is 99.1 Å². The van der Waals surface area contributed by atoms with Gasteiger partial charge in [0.15, 0.2) is 0 Å². The number of nitrogens with two attached hydrogens (primary N) is 1. The van der Waals surface area contributed by atoms with E-state index >= 15 is 0 Å². The van der Waals surface area contributed by atoms with Crippen LogP contribution in [-0.4, -0.2) is 32.1 Å². The monoisotopic (exact) mass is 259 g/mol. The minimum absolute atomic E-state index is 0.106. The predicted octanol–water partition coefficient (Wildman–Crippen LogP) is -0.372. The van der Waals surface area contributed by atoms with Crippen LogP contribution in [0.5, 0.6) is 0 Å². The Balaban J connectivity index is 2.72. The first-order valence-electron chi connectivity index (χ1n) is 4.84. The molecule has 0 heterocycles. The molecule has 1 rings (SSSR count). The molecule has 0 bridgehead atoms. The lowest BCUT2D eigenvalue weighted by molar-refractivity contribution is -0.134. The molecule has 0 aliphatic rings. The molecule has 0 fully saturated rings. The van der Waals surface area contributed by atoms with Gasteiger partial charge in [-0.15, -0.1) is 0 Å². The van der Waals surface area contributed by atoms with E-state index in [9.17, 15) is 13.2 Å². The summed E-state index contributed by atoms with van der Waals surface area (Å²) in [5.74, 6) is -0.990. The zero-order valence-electron chi connectivity index (χ0n) is 8.94. The van der Waals surface area contributed by atoms with Crippen molar-refractivity contribution in [3.05, 3.63) is 30.3 Å². The number of benzene rings is 1. The topological polar surface area (TPSA) is 107 Å². The van der Waals surface area contributed by atoms with Crippen LogP contribution in [0.3, 0.4) is 0 Å². The number of rotatable bonds is 5. The first kappa shape index (κ1) is 13.6. The van der Waals surface area contributed by atoms with Gasteiger partial charge in [0, 0.05) is 6.04 Å². The van der Waals surface area contributed by atoms with E-state index in [1.165, 1.54) is 24.3 Å². The molecule has 7 heteroatoms. The molecule has 0 aliphatic carbocycles. The van der Waals surface area contributed by atoms with Crippen LogP contribution in [0.15, 0.2) is 35.2 Å². The molecule has 1 aromatic carbocycles. The first-order chi connectivity index (χ1) is 7.95. The van der Waals surface area contributed by atoms with Gasteiger partial charge in [-0.3, -0.25) is 4.79 Å². The standard InChI is InChI=1S/C10H13NO5S/c11-8(7-12)6-10(13)16-17(14,15)9-4-2-1-3-5-9/h1-5,8,12H,6-7,11H2/t8-/m0/s1. The first-order valence-corrected chi connectivity index (χ1v) is 6.25. The number of carbonyl (C=O) groups is 1. The van der Waals surface area contributed by atoms with E-state index in [0.717, 1.165) is 0 Å². The number of carbonyl (C=O) groups excluding carboxylic acids is 1. The molecule has 3 N–H and O–H groups in total. The molecule has 0 aromatic heterocycles. The second-order valence-electron chi connectivity index (χ2n) is 3.37. The number of hydrogen-bond donors (Lipinski definition) is 2. The average molecular weight is 259 g/mol. The molecular formula is C10H13NO5S. The van der Waals surface area contributed by atoms with E-state index in [2.05, 4.69) is 4.18 Å². The molecule has 0 radical (unpaired) electrons. The Morgan fingerprint density at radius 3 is 2.47 bits per heavy atom. The molecule has 17 heavy (non-hydrogen) atoms. The molecule has 0 amide bonds. The molecular weight excluding hydrogens is 246 g/mol. The minimum atomic E-state index is -4.10. The Kier molecular flexibility index (Phi) is 4.62. The average Bonchev–Trinajstić information content (AvgIpc) is 2.29. The maximum Gasteiger partial charge on any atom is 0.341 e. The van der Waals surface area contributed by atoms with Crippen LogP contribution in [0.2, 0.25) is 0 Å². The SMILES string of the molecule is N[C@H](CO)CC(=O)OS(=O)(=O)c1ccccc1. The van der Waals surface area contributed by atoms with E-state index in [0.29, 0.717) is 0 Å². The Bertz CT molecular complexity index is 471. The summed E-state index contributed by atoms with van der Waals surface area (Å²) in [6.45, 7) is -0.416. The number of aliphatic hydroxyl groups is 1. The maximum atomic E-state index is 11.6. The van der Waals surface area contributed by atoms with Gasteiger partial charge in [0.05, 0.1) is 13.0 Å². The fourth-order valence-electron chi connectivity index (χ4n) is 1.07. The highest BCUT2D eigenvalue weighted by Gasteiger charge is 2.21. The van der Waals surface area contributed by atoms with Crippen molar-refractivity contribution in [3.63, 3.8) is 0 Å². The molecule has 0 spiro atoms. The summed E-state index contributed by atoms with van der Waals surface area (Å²) in [5, 5.41) is 8.62. The third kappa shape index (κ3) is 4.14. The number of aliphatic hydroxyl groups excluding tert-OH is 1. The van der Waals surface area contributed by atoms with E-state index in [4.69, 9.17) is 10.8 Å². The van der Waals surface area contributed by atoms with Crippen molar-refractivity contribution in [2.75, 3.05) is 6.61 Å². The molecule has 6 nitrogen and oxygen atoms in total.